The predicted molar refractivity (Wildman–Crippen MR) is 155 cm³/mol. The molecule has 0 spiro atoms. The first kappa shape index (κ1) is 27.1. The Labute approximate surface area is 242 Å². The summed E-state index contributed by atoms with van der Waals surface area (Å²) in [7, 11) is 1.51. The third-order valence-corrected chi connectivity index (χ3v) is 8.31. The molecule has 9 nitrogen and oxygen atoms in total. The minimum absolute atomic E-state index is 0.0445. The van der Waals surface area contributed by atoms with Crippen molar-refractivity contribution in [1.29, 1.82) is 0 Å². The van der Waals surface area contributed by atoms with Gasteiger partial charge in [-0.2, -0.15) is 0 Å². The van der Waals surface area contributed by atoms with Gasteiger partial charge in [-0.1, -0.05) is 66.6 Å². The van der Waals surface area contributed by atoms with Crippen LogP contribution >= 0.6 is 0 Å². The number of carboxylic acids is 1. The van der Waals surface area contributed by atoms with Gasteiger partial charge in [-0.05, 0) is 23.3 Å². The van der Waals surface area contributed by atoms with E-state index in [1.54, 1.807) is 24.4 Å². The van der Waals surface area contributed by atoms with Crippen molar-refractivity contribution in [2.45, 2.75) is 24.6 Å². The summed E-state index contributed by atoms with van der Waals surface area (Å²) in [5.41, 5.74) is 1.17. The topological polar surface area (TPSA) is 121 Å². The van der Waals surface area contributed by atoms with Crippen LogP contribution in [0.15, 0.2) is 79.0 Å². The minimum Gasteiger partial charge on any atom is -0.493 e. The second kappa shape index (κ2) is 10.7. The molecule has 2 saturated heterocycles. The van der Waals surface area contributed by atoms with Gasteiger partial charge in [-0.25, -0.2) is 0 Å². The fourth-order valence-corrected chi connectivity index (χ4v) is 6.41. The molecule has 0 bridgehead atoms. The average molecular weight is 564 g/mol. The van der Waals surface area contributed by atoms with E-state index in [2.05, 4.69) is 16.2 Å². The highest BCUT2D eigenvalue weighted by molar-refractivity contribution is 6.10. The number of aromatic nitrogens is 1. The van der Waals surface area contributed by atoms with Crippen LogP contribution in [0.5, 0.6) is 11.5 Å². The number of aliphatic carboxylic acids is 1. The fourth-order valence-electron chi connectivity index (χ4n) is 6.41. The van der Waals surface area contributed by atoms with Crippen LogP contribution in [0.25, 0.3) is 10.9 Å². The smallest absolute Gasteiger partial charge is 0.325 e. The molecule has 42 heavy (non-hydrogen) atoms. The molecule has 212 valence electrons. The maximum atomic E-state index is 13.8. The second-order valence-electron chi connectivity index (χ2n) is 10.6. The molecule has 2 aliphatic rings. The van der Waals surface area contributed by atoms with Crippen LogP contribution in [0.4, 0.5) is 0 Å². The fraction of sp³-hybridized carbons (Fsp3) is 0.242. The molecule has 3 heterocycles. The number of H-pyrrole nitrogens is 1. The molecule has 9 heteroatoms. The number of terminal acetylenes is 1. The van der Waals surface area contributed by atoms with E-state index in [1.165, 1.54) is 7.11 Å². The number of nitrogens with zero attached hydrogens (tertiary/aromatic N) is 1. The highest BCUT2D eigenvalue weighted by atomic mass is 16.5. The molecule has 2 aliphatic heterocycles. The summed E-state index contributed by atoms with van der Waals surface area (Å²) < 4.78 is 11.9. The lowest BCUT2D eigenvalue weighted by molar-refractivity contribution is -0.151. The van der Waals surface area contributed by atoms with Gasteiger partial charge in [-0.15, -0.1) is 6.42 Å². The van der Waals surface area contributed by atoms with Crippen LogP contribution in [0.3, 0.4) is 0 Å². The molecular weight excluding hydrogens is 534 g/mol. The highest BCUT2D eigenvalue weighted by Crippen LogP contribution is 2.52. The number of hydrogen-bond acceptors (Lipinski definition) is 6. The largest absolute Gasteiger partial charge is 0.493 e. The number of para-hydroxylation sites is 2. The van der Waals surface area contributed by atoms with Crippen LogP contribution in [0.1, 0.15) is 22.7 Å². The molecule has 4 atom stereocenters. The lowest BCUT2D eigenvalue weighted by Crippen LogP contribution is -2.57. The van der Waals surface area contributed by atoms with Crippen molar-refractivity contribution >= 4 is 28.7 Å². The average Bonchev–Trinajstić information content (AvgIpc) is 3.65. The van der Waals surface area contributed by atoms with E-state index in [0.29, 0.717) is 22.6 Å². The number of amides is 2. The lowest BCUT2D eigenvalue weighted by atomic mass is 9.76. The lowest BCUT2D eigenvalue weighted by Gasteiger charge is -2.31. The Balaban J connectivity index is 1.48. The Bertz CT molecular complexity index is 1720. The van der Waals surface area contributed by atoms with Gasteiger partial charge in [0.05, 0.1) is 25.5 Å². The van der Waals surface area contributed by atoms with E-state index in [-0.39, 0.29) is 19.6 Å². The number of methoxy groups -OCH3 is 1. The molecule has 4 unspecified atom stereocenters. The zero-order chi connectivity index (χ0) is 29.4. The maximum Gasteiger partial charge on any atom is 0.325 e. The molecule has 2 fully saturated rings. The molecule has 0 aliphatic carbocycles. The van der Waals surface area contributed by atoms with Crippen molar-refractivity contribution < 1.29 is 29.0 Å². The number of hydrogen-bond donors (Lipinski definition) is 3. The maximum absolute atomic E-state index is 13.8. The first-order valence-corrected chi connectivity index (χ1v) is 13.6. The SMILES string of the molecule is C#CCN1C(=O)C2C(c3cccc(OC)c3OCc3ccccc3)NC(Cc3c[nH]c4ccccc34)(C(=O)O)C2C1=O. The quantitative estimate of drug-likeness (QED) is 0.210. The normalized spacial score (nSPS) is 23.1. The van der Waals surface area contributed by atoms with E-state index < -0.39 is 41.2 Å². The number of imide groups is 1. The van der Waals surface area contributed by atoms with E-state index in [1.807, 2.05) is 54.6 Å². The summed E-state index contributed by atoms with van der Waals surface area (Å²) >= 11 is 0. The molecule has 0 saturated carbocycles. The van der Waals surface area contributed by atoms with Gasteiger partial charge >= 0.3 is 5.97 Å². The van der Waals surface area contributed by atoms with E-state index in [4.69, 9.17) is 15.9 Å². The summed E-state index contributed by atoms with van der Waals surface area (Å²) in [5.74, 6) is -1.42. The number of nitrogens with one attached hydrogen (secondary N) is 2. The first-order chi connectivity index (χ1) is 20.4. The van der Waals surface area contributed by atoms with Crippen molar-refractivity contribution in [1.82, 2.24) is 15.2 Å². The number of rotatable bonds is 9. The van der Waals surface area contributed by atoms with Crippen molar-refractivity contribution in [2.75, 3.05) is 13.7 Å². The molecule has 4 aromatic rings. The van der Waals surface area contributed by atoms with Crippen LogP contribution in [0, 0.1) is 24.2 Å². The van der Waals surface area contributed by atoms with Crippen molar-refractivity contribution in [2.24, 2.45) is 11.8 Å². The first-order valence-electron chi connectivity index (χ1n) is 13.6. The van der Waals surface area contributed by atoms with Gasteiger partial charge in [0.25, 0.3) is 0 Å². The van der Waals surface area contributed by atoms with Crippen LogP contribution in [-0.2, 0) is 27.4 Å². The van der Waals surface area contributed by atoms with E-state index >= 15 is 0 Å². The number of likely N-dealkylation sites (tertiary alicyclic amines) is 1. The summed E-state index contributed by atoms with van der Waals surface area (Å²) in [4.78, 5) is 45.1. The summed E-state index contributed by atoms with van der Waals surface area (Å²) in [6.45, 7) is -0.0276. The Morgan fingerprint density at radius 2 is 1.81 bits per heavy atom. The van der Waals surface area contributed by atoms with E-state index in [9.17, 15) is 19.5 Å². The number of aromatic amines is 1. The van der Waals surface area contributed by atoms with Gasteiger partial charge in [0.1, 0.15) is 12.1 Å². The number of carbonyl (C=O) groups is 3. The Morgan fingerprint density at radius 1 is 1.05 bits per heavy atom. The number of fused-ring (bicyclic) bond motifs is 2. The number of carboxylic acid groups (broad SMARTS) is 1. The Hall–Kier alpha value is -5.07. The Morgan fingerprint density at radius 3 is 2.55 bits per heavy atom. The van der Waals surface area contributed by atoms with Crippen molar-refractivity contribution in [3.05, 3.63) is 95.7 Å². The molecule has 6 rings (SSSR count). The zero-order valence-corrected chi connectivity index (χ0v) is 22.9. The molecule has 3 N–H and O–H groups in total. The van der Waals surface area contributed by atoms with Crippen LogP contribution < -0.4 is 14.8 Å². The molecule has 0 radical (unpaired) electrons. The highest BCUT2D eigenvalue weighted by Gasteiger charge is 2.68. The van der Waals surface area contributed by atoms with Crippen LogP contribution in [-0.4, -0.2) is 52.0 Å². The predicted octanol–water partition coefficient (Wildman–Crippen LogP) is 3.70. The van der Waals surface area contributed by atoms with Gasteiger partial charge in [0.15, 0.2) is 11.5 Å². The zero-order valence-electron chi connectivity index (χ0n) is 22.9. The molecule has 3 aromatic carbocycles. The third kappa shape index (κ3) is 4.28. The van der Waals surface area contributed by atoms with Crippen molar-refractivity contribution in [3.8, 4) is 23.8 Å². The van der Waals surface area contributed by atoms with Gasteiger partial charge in [0, 0.05) is 35.1 Å². The summed E-state index contributed by atoms with van der Waals surface area (Å²) in [5, 5.41) is 14.9. The minimum atomic E-state index is -1.81. The summed E-state index contributed by atoms with van der Waals surface area (Å²) in [6.07, 6.45) is 7.22. The number of ether oxygens (including phenoxy) is 2. The number of benzene rings is 3. The summed E-state index contributed by atoms with van der Waals surface area (Å²) in [6, 6.07) is 21.5. The third-order valence-electron chi connectivity index (χ3n) is 8.31. The second-order valence-corrected chi connectivity index (χ2v) is 10.6. The number of carbonyl (C=O) groups excluding carboxylic acids is 2. The standard InChI is InChI=1S/C33H29N3O6/c1-3-16-36-30(37)26-27(31(36)38)33(32(39)40,17-21-18-34-24-14-8-7-12-22(21)24)35-28(26)23-13-9-15-25(41-2)29(23)42-19-20-10-5-4-6-11-20/h1,4-15,18,26-28,34-35H,16-17,19H2,2H3,(H,39,40). The molecular formula is C33H29N3O6. The molecule has 1 aromatic heterocycles. The van der Waals surface area contributed by atoms with E-state index in [0.717, 1.165) is 21.4 Å². The van der Waals surface area contributed by atoms with Gasteiger partial charge in [0.2, 0.25) is 11.8 Å². The van der Waals surface area contributed by atoms with Gasteiger partial charge in [-0.3, -0.25) is 24.6 Å². The van der Waals surface area contributed by atoms with Gasteiger partial charge < -0.3 is 19.6 Å². The van der Waals surface area contributed by atoms with Crippen LogP contribution in [0.2, 0.25) is 0 Å². The monoisotopic (exact) mass is 563 g/mol. The van der Waals surface area contributed by atoms with Crippen molar-refractivity contribution in [3.63, 3.8) is 0 Å². The Kier molecular flexibility index (Phi) is 6.93. The molecule has 2 amide bonds.